The minimum absolute atomic E-state index is 0.0573. The van der Waals surface area contributed by atoms with Crippen LogP contribution in [0.25, 0.3) is 0 Å². The maximum atomic E-state index is 12.3. The fraction of sp³-hybridized carbons (Fsp3) is 0.500. The molecule has 0 unspecified atom stereocenters. The number of halogens is 1. The number of aliphatic hydroxyl groups excluding tert-OH is 1. The molecule has 19 heavy (non-hydrogen) atoms. The molecule has 0 radical (unpaired) electrons. The van der Waals surface area contributed by atoms with Crippen LogP contribution in [0.1, 0.15) is 23.2 Å². The first kappa shape index (κ1) is 14.7. The zero-order chi connectivity index (χ0) is 13.7. The van der Waals surface area contributed by atoms with Gasteiger partial charge in [-0.2, -0.15) is 0 Å². The van der Waals surface area contributed by atoms with Crippen LogP contribution in [-0.2, 0) is 4.74 Å². The zero-order valence-electron chi connectivity index (χ0n) is 10.7. The fourth-order valence-corrected chi connectivity index (χ4v) is 2.58. The van der Waals surface area contributed by atoms with Crippen molar-refractivity contribution in [1.82, 2.24) is 4.90 Å². The van der Waals surface area contributed by atoms with Crippen molar-refractivity contribution in [2.45, 2.75) is 18.9 Å². The molecular formula is C14H18INO3. The first-order valence-corrected chi connectivity index (χ1v) is 7.56. The lowest BCUT2D eigenvalue weighted by atomic mass is 10.1. The fourth-order valence-electron chi connectivity index (χ4n) is 2.22. The lowest BCUT2D eigenvalue weighted by molar-refractivity contribution is -0.00554. The predicted octanol–water partition coefficient (Wildman–Crippen LogP) is 1.90. The van der Waals surface area contributed by atoms with Gasteiger partial charge in [0, 0.05) is 22.2 Å². The molecule has 1 fully saturated rings. The molecule has 0 saturated carbocycles. The summed E-state index contributed by atoms with van der Waals surface area (Å²) in [6, 6.07) is 7.65. The van der Waals surface area contributed by atoms with E-state index < -0.39 is 0 Å². The number of carbonyl (C=O) groups is 1. The van der Waals surface area contributed by atoms with Gasteiger partial charge in [-0.15, -0.1) is 0 Å². The molecular weight excluding hydrogens is 357 g/mol. The van der Waals surface area contributed by atoms with E-state index in [9.17, 15) is 4.79 Å². The van der Waals surface area contributed by atoms with Crippen LogP contribution in [0.3, 0.4) is 0 Å². The van der Waals surface area contributed by atoms with Crippen LogP contribution in [0.4, 0.5) is 0 Å². The largest absolute Gasteiger partial charge is 0.394 e. The second-order valence-corrected chi connectivity index (χ2v) is 5.84. The van der Waals surface area contributed by atoms with Crippen LogP contribution < -0.4 is 0 Å². The normalized spacial score (nSPS) is 16.6. The van der Waals surface area contributed by atoms with Crippen LogP contribution in [0.5, 0.6) is 0 Å². The van der Waals surface area contributed by atoms with E-state index in [4.69, 9.17) is 9.84 Å². The third kappa shape index (κ3) is 4.15. The summed E-state index contributed by atoms with van der Waals surface area (Å²) in [5.41, 5.74) is 0.746. The number of benzene rings is 1. The van der Waals surface area contributed by atoms with Crippen LogP contribution >= 0.6 is 22.6 Å². The van der Waals surface area contributed by atoms with E-state index >= 15 is 0 Å². The van der Waals surface area contributed by atoms with E-state index in [1.165, 1.54) is 0 Å². The molecule has 0 aliphatic carbocycles. The lowest BCUT2D eigenvalue weighted by Crippen LogP contribution is -2.41. The Kier molecular flexibility index (Phi) is 5.59. The average molecular weight is 375 g/mol. The number of nitrogens with zero attached hydrogens (tertiary/aromatic N) is 1. The Morgan fingerprint density at radius 1 is 1.32 bits per heavy atom. The number of rotatable bonds is 4. The molecule has 1 aliphatic heterocycles. The van der Waals surface area contributed by atoms with Gasteiger partial charge in [-0.1, -0.05) is 0 Å². The minimum atomic E-state index is 0.0573. The number of carbonyl (C=O) groups excluding carboxylic acids is 1. The summed E-state index contributed by atoms with van der Waals surface area (Å²) in [5, 5.41) is 8.72. The van der Waals surface area contributed by atoms with Crippen molar-refractivity contribution < 1.29 is 14.6 Å². The highest BCUT2D eigenvalue weighted by molar-refractivity contribution is 14.1. The zero-order valence-corrected chi connectivity index (χ0v) is 12.9. The number of likely N-dealkylation sites (tertiary alicyclic amines) is 1. The molecule has 1 aromatic rings. The summed E-state index contributed by atoms with van der Waals surface area (Å²) in [6.45, 7) is 1.89. The Bertz CT molecular complexity index is 413. The summed E-state index contributed by atoms with van der Waals surface area (Å²) in [7, 11) is 0. The van der Waals surface area contributed by atoms with Crippen molar-refractivity contribution in [3.63, 3.8) is 0 Å². The number of hydrogen-bond donors (Lipinski definition) is 1. The average Bonchev–Trinajstić information content (AvgIpc) is 2.46. The van der Waals surface area contributed by atoms with Crippen LogP contribution in [0.15, 0.2) is 24.3 Å². The number of aliphatic hydroxyl groups is 1. The Labute approximate surface area is 126 Å². The molecule has 104 valence electrons. The van der Waals surface area contributed by atoms with Crippen molar-refractivity contribution in [2.24, 2.45) is 0 Å². The Morgan fingerprint density at radius 3 is 2.53 bits per heavy atom. The Hall–Kier alpha value is -0.660. The topological polar surface area (TPSA) is 49.8 Å². The number of ether oxygens (including phenoxy) is 1. The van der Waals surface area contributed by atoms with Crippen molar-refractivity contribution in [1.29, 1.82) is 0 Å². The minimum Gasteiger partial charge on any atom is -0.394 e. The lowest BCUT2D eigenvalue weighted by Gasteiger charge is -2.32. The van der Waals surface area contributed by atoms with Gasteiger partial charge in [0.25, 0.3) is 5.91 Å². The molecule has 1 saturated heterocycles. The molecule has 0 aromatic heterocycles. The molecule has 0 atom stereocenters. The van der Waals surface area contributed by atoms with E-state index in [1.807, 2.05) is 29.2 Å². The summed E-state index contributed by atoms with van der Waals surface area (Å²) in [4.78, 5) is 14.2. The summed E-state index contributed by atoms with van der Waals surface area (Å²) in [5.74, 6) is 0.0945. The quantitative estimate of drug-likeness (QED) is 0.819. The van der Waals surface area contributed by atoms with E-state index in [0.717, 1.165) is 35.1 Å². The summed E-state index contributed by atoms with van der Waals surface area (Å²) in [6.07, 6.45) is 1.86. The van der Waals surface area contributed by atoms with Gasteiger partial charge in [0.1, 0.15) is 0 Å². The first-order chi connectivity index (χ1) is 9.20. The van der Waals surface area contributed by atoms with Gasteiger partial charge < -0.3 is 14.7 Å². The molecule has 1 aromatic carbocycles. The second kappa shape index (κ2) is 7.21. The second-order valence-electron chi connectivity index (χ2n) is 4.59. The molecule has 1 N–H and O–H groups in total. The molecule has 0 bridgehead atoms. The third-order valence-corrected chi connectivity index (χ3v) is 3.98. The van der Waals surface area contributed by atoms with Gasteiger partial charge in [0.05, 0.1) is 19.3 Å². The van der Waals surface area contributed by atoms with Crippen molar-refractivity contribution in [3.8, 4) is 0 Å². The van der Waals surface area contributed by atoms with Gasteiger partial charge in [-0.05, 0) is 59.7 Å². The van der Waals surface area contributed by atoms with Gasteiger partial charge in [-0.3, -0.25) is 4.79 Å². The molecule has 4 nitrogen and oxygen atoms in total. The van der Waals surface area contributed by atoms with Crippen LogP contribution in [-0.4, -0.2) is 48.3 Å². The standard InChI is InChI=1S/C14H18INO3/c15-12-3-1-11(2-4-12)14(18)16-7-5-13(6-8-16)19-10-9-17/h1-4,13,17H,5-10H2. The molecule has 1 heterocycles. The van der Waals surface area contributed by atoms with E-state index in [2.05, 4.69) is 22.6 Å². The number of hydrogen-bond acceptors (Lipinski definition) is 3. The van der Waals surface area contributed by atoms with E-state index in [-0.39, 0.29) is 18.6 Å². The van der Waals surface area contributed by atoms with Crippen molar-refractivity contribution >= 4 is 28.5 Å². The van der Waals surface area contributed by atoms with Gasteiger partial charge in [-0.25, -0.2) is 0 Å². The SMILES string of the molecule is O=C(c1ccc(I)cc1)N1CCC(OCCO)CC1. The number of piperidine rings is 1. The smallest absolute Gasteiger partial charge is 0.253 e. The molecule has 1 aliphatic rings. The van der Waals surface area contributed by atoms with E-state index in [0.29, 0.717) is 6.61 Å². The highest BCUT2D eigenvalue weighted by atomic mass is 127. The van der Waals surface area contributed by atoms with Gasteiger partial charge in [0.15, 0.2) is 0 Å². The predicted molar refractivity (Wildman–Crippen MR) is 81.1 cm³/mol. The third-order valence-electron chi connectivity index (χ3n) is 3.27. The van der Waals surface area contributed by atoms with Crippen LogP contribution in [0.2, 0.25) is 0 Å². The van der Waals surface area contributed by atoms with Crippen molar-refractivity contribution in [3.05, 3.63) is 33.4 Å². The van der Waals surface area contributed by atoms with Gasteiger partial charge >= 0.3 is 0 Å². The molecule has 1 amide bonds. The highest BCUT2D eigenvalue weighted by Gasteiger charge is 2.23. The monoisotopic (exact) mass is 375 g/mol. The Morgan fingerprint density at radius 2 is 1.95 bits per heavy atom. The number of amides is 1. The highest BCUT2D eigenvalue weighted by Crippen LogP contribution is 2.17. The molecule has 5 heteroatoms. The first-order valence-electron chi connectivity index (χ1n) is 6.48. The van der Waals surface area contributed by atoms with Crippen molar-refractivity contribution in [2.75, 3.05) is 26.3 Å². The summed E-state index contributed by atoms with van der Waals surface area (Å²) < 4.78 is 6.62. The van der Waals surface area contributed by atoms with Crippen LogP contribution in [0, 0.1) is 3.57 Å². The van der Waals surface area contributed by atoms with Gasteiger partial charge in [0.2, 0.25) is 0 Å². The summed E-state index contributed by atoms with van der Waals surface area (Å²) >= 11 is 2.23. The maximum absolute atomic E-state index is 12.3. The Balaban J connectivity index is 1.87. The van der Waals surface area contributed by atoms with E-state index in [1.54, 1.807) is 0 Å². The molecule has 2 rings (SSSR count). The maximum Gasteiger partial charge on any atom is 0.253 e. The molecule has 0 spiro atoms.